The van der Waals surface area contributed by atoms with Crippen molar-refractivity contribution in [2.45, 2.75) is 31.8 Å². The number of esters is 1. The van der Waals surface area contributed by atoms with Crippen LogP contribution in [-0.4, -0.2) is 26.4 Å². The van der Waals surface area contributed by atoms with Crippen LogP contribution in [-0.2, 0) is 19.6 Å². The molecule has 2 aromatic carbocycles. The summed E-state index contributed by atoms with van der Waals surface area (Å²) in [6, 6.07) is 10.5. The molecule has 0 aliphatic rings. The van der Waals surface area contributed by atoms with Crippen LogP contribution < -0.4 is 10.5 Å². The maximum absolute atomic E-state index is 12.5. The first-order chi connectivity index (χ1) is 12.1. The van der Waals surface area contributed by atoms with E-state index < -0.39 is 28.0 Å². The molecule has 1 amide bonds. The highest BCUT2D eigenvalue weighted by atomic mass is 32.2. The van der Waals surface area contributed by atoms with Crippen molar-refractivity contribution < 1.29 is 22.7 Å². The molecule has 0 bridgehead atoms. The Balaban J connectivity index is 2.14. The number of benzene rings is 2. The molecule has 1 atom stereocenters. The molecule has 7 nitrogen and oxygen atoms in total. The van der Waals surface area contributed by atoms with Crippen LogP contribution in [0.5, 0.6) is 0 Å². The van der Waals surface area contributed by atoms with Crippen LogP contribution in [0.15, 0.2) is 47.4 Å². The Labute approximate surface area is 152 Å². The van der Waals surface area contributed by atoms with E-state index in [0.717, 1.165) is 11.1 Å². The predicted octanol–water partition coefficient (Wildman–Crippen LogP) is 2.13. The number of rotatable bonds is 6. The van der Waals surface area contributed by atoms with Gasteiger partial charge < -0.3 is 10.5 Å². The Morgan fingerprint density at radius 2 is 1.65 bits per heavy atom. The number of carbonyl (C=O) groups excluding carboxylic acids is 2. The lowest BCUT2D eigenvalue weighted by molar-refractivity contribution is -0.125. The summed E-state index contributed by atoms with van der Waals surface area (Å²) in [4.78, 5) is 23.0. The third-order valence-electron chi connectivity index (χ3n) is 3.85. The molecule has 138 valence electrons. The fourth-order valence-corrected chi connectivity index (χ4v) is 3.20. The Hall–Kier alpha value is -2.87. The quantitative estimate of drug-likeness (QED) is 0.749. The Morgan fingerprint density at radius 3 is 2.19 bits per heavy atom. The van der Waals surface area contributed by atoms with Gasteiger partial charge in [-0.15, -0.1) is 0 Å². The number of sulfonamides is 1. The average molecular weight is 376 g/mol. The van der Waals surface area contributed by atoms with Gasteiger partial charge in [-0.2, -0.15) is 0 Å². The zero-order valence-corrected chi connectivity index (χ0v) is 15.5. The number of amides is 1. The van der Waals surface area contributed by atoms with Crippen molar-refractivity contribution in [3.05, 3.63) is 59.2 Å². The molecule has 0 saturated carbocycles. The molecular formula is C18H20N2O5S. The average Bonchev–Trinajstić information content (AvgIpc) is 2.57. The third-order valence-corrected chi connectivity index (χ3v) is 5.22. The van der Waals surface area contributed by atoms with Crippen LogP contribution in [0.4, 0.5) is 5.69 Å². The van der Waals surface area contributed by atoms with Crippen LogP contribution in [0.3, 0.4) is 0 Å². The van der Waals surface area contributed by atoms with Crippen LogP contribution in [0.1, 0.15) is 28.4 Å². The van der Waals surface area contributed by atoms with Crippen molar-refractivity contribution in [2.75, 3.05) is 4.72 Å². The van der Waals surface area contributed by atoms with Crippen LogP contribution in [0.25, 0.3) is 0 Å². The largest absolute Gasteiger partial charge is 0.449 e. The first-order valence-corrected chi connectivity index (χ1v) is 9.29. The molecule has 0 spiro atoms. The zero-order valence-electron chi connectivity index (χ0n) is 14.6. The molecule has 8 heteroatoms. The van der Waals surface area contributed by atoms with Crippen LogP contribution in [0.2, 0.25) is 0 Å². The topological polar surface area (TPSA) is 116 Å². The summed E-state index contributed by atoms with van der Waals surface area (Å²) in [6.45, 7) is 5.10. The third kappa shape index (κ3) is 4.60. The van der Waals surface area contributed by atoms with Gasteiger partial charge in [-0.3, -0.25) is 9.52 Å². The van der Waals surface area contributed by atoms with E-state index >= 15 is 0 Å². The van der Waals surface area contributed by atoms with Gasteiger partial charge in [0.15, 0.2) is 6.10 Å². The summed E-state index contributed by atoms with van der Waals surface area (Å²) in [5.41, 5.74) is 7.37. The molecule has 0 radical (unpaired) electrons. The molecule has 0 fully saturated rings. The molecule has 0 aromatic heterocycles. The summed E-state index contributed by atoms with van der Waals surface area (Å²) in [7, 11) is -3.74. The number of primary amides is 1. The van der Waals surface area contributed by atoms with E-state index in [0.29, 0.717) is 5.69 Å². The second-order valence-corrected chi connectivity index (χ2v) is 7.56. The lowest BCUT2D eigenvalue weighted by Crippen LogP contribution is -2.30. The highest BCUT2D eigenvalue weighted by Gasteiger charge is 2.17. The van der Waals surface area contributed by atoms with Gasteiger partial charge in [-0.1, -0.05) is 6.07 Å². The van der Waals surface area contributed by atoms with Crippen LogP contribution in [0, 0.1) is 13.8 Å². The minimum Gasteiger partial charge on any atom is -0.449 e. The molecular weight excluding hydrogens is 356 g/mol. The number of nitrogens with two attached hydrogens (primary N) is 1. The molecule has 0 saturated heterocycles. The number of aryl methyl sites for hydroxylation is 2. The number of anilines is 1. The van der Waals surface area contributed by atoms with Crippen molar-refractivity contribution in [1.29, 1.82) is 0 Å². The van der Waals surface area contributed by atoms with E-state index in [1.54, 1.807) is 12.1 Å². The smallest absolute Gasteiger partial charge is 0.338 e. The van der Waals surface area contributed by atoms with Gasteiger partial charge in [0.2, 0.25) is 0 Å². The number of ether oxygens (including phenoxy) is 1. The monoisotopic (exact) mass is 376 g/mol. The van der Waals surface area contributed by atoms with Gasteiger partial charge in [0.1, 0.15) is 0 Å². The molecule has 3 N–H and O–H groups in total. The predicted molar refractivity (Wildman–Crippen MR) is 97.2 cm³/mol. The van der Waals surface area contributed by atoms with E-state index in [1.807, 2.05) is 13.8 Å². The summed E-state index contributed by atoms with van der Waals surface area (Å²) < 4.78 is 32.2. The van der Waals surface area contributed by atoms with Gasteiger partial charge >= 0.3 is 5.97 Å². The maximum Gasteiger partial charge on any atom is 0.338 e. The van der Waals surface area contributed by atoms with E-state index in [2.05, 4.69) is 4.72 Å². The normalized spacial score (nSPS) is 12.3. The highest BCUT2D eigenvalue weighted by Crippen LogP contribution is 2.19. The second kappa shape index (κ2) is 7.57. The summed E-state index contributed by atoms with van der Waals surface area (Å²) >= 11 is 0. The molecule has 0 heterocycles. The zero-order chi connectivity index (χ0) is 19.5. The Kier molecular flexibility index (Phi) is 5.66. The number of nitrogens with one attached hydrogen (secondary N) is 1. The fraction of sp³-hybridized carbons (Fsp3) is 0.222. The standard InChI is InChI=1S/C18H20N2O5S/c1-11-4-9-16(10-12(11)2)26(23,24)20-15-7-5-14(6-8-15)18(22)25-13(3)17(19)21/h4-10,13,20H,1-3H3,(H2,19,21)/t13-/m1/s1. The van der Waals surface area contributed by atoms with Gasteiger partial charge in [0.25, 0.3) is 15.9 Å². The first kappa shape index (κ1) is 19.5. The molecule has 0 unspecified atom stereocenters. The number of hydrogen-bond donors (Lipinski definition) is 2. The minimum absolute atomic E-state index is 0.152. The maximum atomic E-state index is 12.5. The summed E-state index contributed by atoms with van der Waals surface area (Å²) in [5, 5.41) is 0. The SMILES string of the molecule is Cc1ccc(S(=O)(=O)Nc2ccc(C(=O)O[C@H](C)C(N)=O)cc2)cc1C. The number of carbonyl (C=O) groups is 2. The van der Waals surface area contributed by atoms with Crippen molar-refractivity contribution in [3.63, 3.8) is 0 Å². The van der Waals surface area contributed by atoms with Gasteiger partial charge in [-0.05, 0) is 68.3 Å². The molecule has 2 aromatic rings. The van der Waals surface area contributed by atoms with Crippen molar-refractivity contribution in [2.24, 2.45) is 5.73 Å². The molecule has 26 heavy (non-hydrogen) atoms. The van der Waals surface area contributed by atoms with E-state index in [1.165, 1.54) is 37.3 Å². The molecule has 2 rings (SSSR count). The van der Waals surface area contributed by atoms with E-state index in [-0.39, 0.29) is 10.5 Å². The van der Waals surface area contributed by atoms with E-state index in [4.69, 9.17) is 10.5 Å². The highest BCUT2D eigenvalue weighted by molar-refractivity contribution is 7.92. The van der Waals surface area contributed by atoms with Crippen molar-refractivity contribution in [3.8, 4) is 0 Å². The molecule has 0 aliphatic carbocycles. The lowest BCUT2D eigenvalue weighted by Gasteiger charge is -2.11. The van der Waals surface area contributed by atoms with Gasteiger partial charge in [0, 0.05) is 5.69 Å². The first-order valence-electron chi connectivity index (χ1n) is 7.80. The minimum atomic E-state index is -3.74. The van der Waals surface area contributed by atoms with E-state index in [9.17, 15) is 18.0 Å². The number of hydrogen-bond acceptors (Lipinski definition) is 5. The van der Waals surface area contributed by atoms with Gasteiger partial charge in [0.05, 0.1) is 10.5 Å². The van der Waals surface area contributed by atoms with Gasteiger partial charge in [-0.25, -0.2) is 13.2 Å². The molecule has 0 aliphatic heterocycles. The van der Waals surface area contributed by atoms with Crippen LogP contribution >= 0.6 is 0 Å². The summed E-state index contributed by atoms with van der Waals surface area (Å²) in [5.74, 6) is -1.48. The second-order valence-electron chi connectivity index (χ2n) is 5.88. The Bertz CT molecular complexity index is 937. The van der Waals surface area contributed by atoms with Crippen molar-refractivity contribution in [1.82, 2.24) is 0 Å². The summed E-state index contributed by atoms with van der Waals surface area (Å²) in [6.07, 6.45) is -1.05. The van der Waals surface area contributed by atoms with Crippen molar-refractivity contribution >= 4 is 27.6 Å². The lowest BCUT2D eigenvalue weighted by atomic mass is 10.1. The fourth-order valence-electron chi connectivity index (χ4n) is 2.06. The Morgan fingerprint density at radius 1 is 1.04 bits per heavy atom.